The van der Waals surface area contributed by atoms with E-state index in [-0.39, 0.29) is 19.1 Å². The number of benzene rings is 2. The highest BCUT2D eigenvalue weighted by Crippen LogP contribution is 2.24. The maximum atomic E-state index is 12.4. The van der Waals surface area contributed by atoms with Crippen LogP contribution in [0.15, 0.2) is 84.7 Å². The number of nitrogens with one attached hydrogen (secondary N) is 1. The van der Waals surface area contributed by atoms with Gasteiger partial charge in [0.2, 0.25) is 0 Å². The first-order chi connectivity index (χ1) is 14.2. The third-order valence-electron chi connectivity index (χ3n) is 4.48. The quantitative estimate of drug-likeness (QED) is 0.534. The lowest BCUT2D eigenvalue weighted by molar-refractivity contribution is -0.145. The van der Waals surface area contributed by atoms with E-state index in [0.29, 0.717) is 17.1 Å². The topological polar surface area (TPSA) is 82.0 Å². The van der Waals surface area contributed by atoms with Gasteiger partial charge in [-0.3, -0.25) is 4.79 Å². The van der Waals surface area contributed by atoms with Crippen molar-refractivity contribution in [3.8, 4) is 6.07 Å². The third kappa shape index (κ3) is 4.09. The Morgan fingerprint density at radius 3 is 2.69 bits per heavy atom. The van der Waals surface area contributed by atoms with Crippen molar-refractivity contribution in [1.82, 2.24) is 14.9 Å². The number of hydrogen-bond acceptors (Lipinski definition) is 5. The molecule has 0 saturated heterocycles. The molecule has 0 unspecified atom stereocenters. The molecule has 4 rings (SSSR count). The minimum atomic E-state index is -0.381. The summed E-state index contributed by atoms with van der Waals surface area (Å²) in [5, 5.41) is 9.79. The van der Waals surface area contributed by atoms with Gasteiger partial charge in [0.25, 0.3) is 0 Å². The molecular weight excluding hydrogens is 364 g/mol. The SMILES string of the molecule is N#C/C(=C1/C=CC=CN1CC(=O)OCc1ccccc1)c1nc2ccccc2[nH]1. The molecule has 6 nitrogen and oxygen atoms in total. The van der Waals surface area contributed by atoms with E-state index in [4.69, 9.17) is 4.74 Å². The van der Waals surface area contributed by atoms with Gasteiger partial charge in [-0.1, -0.05) is 48.5 Å². The molecule has 142 valence electrons. The van der Waals surface area contributed by atoms with Gasteiger partial charge in [-0.2, -0.15) is 5.26 Å². The van der Waals surface area contributed by atoms with Gasteiger partial charge in [0.15, 0.2) is 5.82 Å². The van der Waals surface area contributed by atoms with E-state index in [9.17, 15) is 10.1 Å². The van der Waals surface area contributed by atoms with Crippen LogP contribution in [-0.2, 0) is 16.1 Å². The van der Waals surface area contributed by atoms with Gasteiger partial charge in [-0.25, -0.2) is 4.98 Å². The van der Waals surface area contributed by atoms with Crippen molar-refractivity contribution in [2.24, 2.45) is 0 Å². The summed E-state index contributed by atoms with van der Waals surface area (Å²) in [6, 6.07) is 19.3. The van der Waals surface area contributed by atoms with Crippen LogP contribution in [0.1, 0.15) is 11.4 Å². The normalized spacial score (nSPS) is 14.7. The highest BCUT2D eigenvalue weighted by molar-refractivity contribution is 5.84. The molecule has 29 heavy (non-hydrogen) atoms. The Hall–Kier alpha value is -4.11. The molecular formula is C23H18N4O2. The fourth-order valence-corrected chi connectivity index (χ4v) is 3.07. The molecule has 0 spiro atoms. The van der Waals surface area contributed by atoms with Crippen molar-refractivity contribution >= 4 is 22.6 Å². The molecule has 2 heterocycles. The van der Waals surface area contributed by atoms with Crippen molar-refractivity contribution in [2.45, 2.75) is 6.61 Å². The highest BCUT2D eigenvalue weighted by atomic mass is 16.5. The first kappa shape index (κ1) is 18.3. The minimum Gasteiger partial charge on any atom is -0.459 e. The summed E-state index contributed by atoms with van der Waals surface area (Å²) in [7, 11) is 0. The molecule has 3 aromatic rings. The molecule has 2 aromatic carbocycles. The number of esters is 1. The zero-order chi connectivity index (χ0) is 20.1. The van der Waals surface area contributed by atoms with Crippen molar-refractivity contribution in [3.05, 3.63) is 96.1 Å². The average molecular weight is 382 g/mol. The first-order valence-corrected chi connectivity index (χ1v) is 9.15. The number of nitrogens with zero attached hydrogens (tertiary/aromatic N) is 3. The van der Waals surface area contributed by atoms with Crippen LogP contribution in [0, 0.1) is 11.3 Å². The lowest BCUT2D eigenvalue weighted by Gasteiger charge is -2.23. The van der Waals surface area contributed by atoms with Crippen LogP contribution in [0.4, 0.5) is 0 Å². The zero-order valence-corrected chi connectivity index (χ0v) is 15.6. The van der Waals surface area contributed by atoms with Crippen molar-refractivity contribution in [3.63, 3.8) is 0 Å². The van der Waals surface area contributed by atoms with Crippen LogP contribution < -0.4 is 0 Å². The second-order valence-corrected chi connectivity index (χ2v) is 6.45. The van der Waals surface area contributed by atoms with Crippen LogP contribution in [0.3, 0.4) is 0 Å². The number of hydrogen-bond donors (Lipinski definition) is 1. The monoisotopic (exact) mass is 382 g/mol. The number of aromatic amines is 1. The lowest BCUT2D eigenvalue weighted by atomic mass is 10.1. The number of rotatable bonds is 5. The Balaban J connectivity index is 1.56. The Morgan fingerprint density at radius 2 is 1.90 bits per heavy atom. The second-order valence-electron chi connectivity index (χ2n) is 6.45. The smallest absolute Gasteiger partial charge is 0.326 e. The van der Waals surface area contributed by atoms with Gasteiger partial charge in [-0.15, -0.1) is 0 Å². The van der Waals surface area contributed by atoms with Gasteiger partial charge in [0, 0.05) is 6.20 Å². The van der Waals surface area contributed by atoms with Crippen LogP contribution in [0.25, 0.3) is 16.6 Å². The standard InChI is InChI=1S/C23H18N4O2/c24-14-18(23-25-19-10-4-5-11-20(19)26-23)21-12-6-7-13-27(21)15-22(28)29-16-17-8-2-1-3-9-17/h1-13H,15-16H2,(H,25,26)/b21-18+. The summed E-state index contributed by atoms with van der Waals surface area (Å²) in [5.41, 5.74) is 3.49. The fourth-order valence-electron chi connectivity index (χ4n) is 3.07. The number of fused-ring (bicyclic) bond motifs is 1. The van der Waals surface area contributed by atoms with Gasteiger partial charge in [-0.05, 0) is 29.8 Å². The number of H-pyrrole nitrogens is 1. The third-order valence-corrected chi connectivity index (χ3v) is 4.48. The summed E-state index contributed by atoms with van der Waals surface area (Å²) >= 11 is 0. The number of ether oxygens (including phenoxy) is 1. The van der Waals surface area contributed by atoms with E-state index in [2.05, 4.69) is 16.0 Å². The summed E-state index contributed by atoms with van der Waals surface area (Å²) in [6.07, 6.45) is 7.16. The minimum absolute atomic E-state index is 0.00554. The first-order valence-electron chi connectivity index (χ1n) is 9.15. The van der Waals surface area contributed by atoms with Crippen LogP contribution in [-0.4, -0.2) is 27.4 Å². The number of carbonyl (C=O) groups excluding carboxylic acids is 1. The van der Waals surface area contributed by atoms with Crippen molar-refractivity contribution < 1.29 is 9.53 Å². The summed E-state index contributed by atoms with van der Waals surface area (Å²) in [5.74, 6) is 0.0829. The van der Waals surface area contributed by atoms with Crippen LogP contribution in [0.5, 0.6) is 0 Å². The molecule has 0 fully saturated rings. The molecule has 0 atom stereocenters. The van der Waals surface area contributed by atoms with Crippen molar-refractivity contribution in [1.29, 1.82) is 5.26 Å². The van der Waals surface area contributed by atoms with Crippen LogP contribution in [0.2, 0.25) is 0 Å². The van der Waals surface area contributed by atoms with E-state index in [1.165, 1.54) is 0 Å². The summed E-state index contributed by atoms with van der Waals surface area (Å²) in [6.45, 7) is 0.204. The Bertz CT molecular complexity index is 1130. The molecule has 0 aliphatic carbocycles. The van der Waals surface area contributed by atoms with Crippen molar-refractivity contribution in [2.75, 3.05) is 6.54 Å². The molecule has 1 aliphatic heterocycles. The Kier molecular flexibility index (Phi) is 5.21. The van der Waals surface area contributed by atoms with Gasteiger partial charge >= 0.3 is 5.97 Å². The molecule has 1 aromatic heterocycles. The number of carbonyl (C=O) groups is 1. The fraction of sp³-hybridized carbons (Fsp3) is 0.0870. The van der Waals surface area contributed by atoms with E-state index in [1.807, 2.05) is 66.7 Å². The van der Waals surface area contributed by atoms with E-state index >= 15 is 0 Å². The van der Waals surface area contributed by atoms with Gasteiger partial charge in [0.05, 0.1) is 16.7 Å². The number of nitriles is 1. The number of allylic oxidation sites excluding steroid dienone is 4. The lowest BCUT2D eigenvalue weighted by Crippen LogP contribution is -2.27. The molecule has 0 saturated carbocycles. The van der Waals surface area contributed by atoms with Gasteiger partial charge < -0.3 is 14.6 Å². The predicted molar refractivity (Wildman–Crippen MR) is 110 cm³/mol. The van der Waals surface area contributed by atoms with Gasteiger partial charge in [0.1, 0.15) is 24.8 Å². The molecule has 0 amide bonds. The largest absolute Gasteiger partial charge is 0.459 e. The molecule has 1 N–H and O–H groups in total. The second kappa shape index (κ2) is 8.28. The Morgan fingerprint density at radius 1 is 1.10 bits per heavy atom. The summed E-state index contributed by atoms with van der Waals surface area (Å²) < 4.78 is 5.38. The maximum absolute atomic E-state index is 12.4. The number of imidazole rings is 1. The molecule has 0 bridgehead atoms. The molecule has 6 heteroatoms. The van der Waals surface area contributed by atoms with E-state index < -0.39 is 0 Å². The maximum Gasteiger partial charge on any atom is 0.326 e. The Labute approximate surface area is 168 Å². The molecule has 0 radical (unpaired) electrons. The van der Waals surface area contributed by atoms with Crippen LogP contribution >= 0.6 is 0 Å². The number of para-hydroxylation sites is 2. The number of aromatic nitrogens is 2. The highest BCUT2D eigenvalue weighted by Gasteiger charge is 2.20. The molecule has 1 aliphatic rings. The summed E-state index contributed by atoms with van der Waals surface area (Å²) in [4.78, 5) is 21.7. The zero-order valence-electron chi connectivity index (χ0n) is 15.6. The van der Waals surface area contributed by atoms with E-state index in [1.54, 1.807) is 17.2 Å². The average Bonchev–Trinajstić information content (AvgIpc) is 3.18. The predicted octanol–water partition coefficient (Wildman–Crippen LogP) is 3.93. The van der Waals surface area contributed by atoms with E-state index in [0.717, 1.165) is 16.6 Å².